The van der Waals surface area contributed by atoms with E-state index in [0.29, 0.717) is 22.8 Å². The van der Waals surface area contributed by atoms with Crippen molar-refractivity contribution in [3.8, 4) is 16.9 Å². The van der Waals surface area contributed by atoms with Gasteiger partial charge in [-0.25, -0.2) is 4.68 Å². The topological polar surface area (TPSA) is 111 Å². The summed E-state index contributed by atoms with van der Waals surface area (Å²) in [5, 5.41) is 18.8. The van der Waals surface area contributed by atoms with Crippen LogP contribution in [0.2, 0.25) is 0 Å². The Hall–Kier alpha value is -4.01. The van der Waals surface area contributed by atoms with Gasteiger partial charge in [-0.2, -0.15) is 0 Å². The quantitative estimate of drug-likeness (QED) is 0.400. The second-order valence-electron chi connectivity index (χ2n) is 10.7. The summed E-state index contributed by atoms with van der Waals surface area (Å²) in [6.45, 7) is 14.3. The second-order valence-corrected chi connectivity index (χ2v) is 10.7. The predicted octanol–water partition coefficient (Wildman–Crippen LogP) is 5.39. The number of aryl methyl sites for hydroxylation is 1. The van der Waals surface area contributed by atoms with Crippen LogP contribution in [0.25, 0.3) is 16.9 Å². The van der Waals surface area contributed by atoms with E-state index in [9.17, 15) is 4.79 Å². The molecule has 0 aliphatic carbocycles. The Bertz CT molecular complexity index is 1360. The Morgan fingerprint density at radius 2 is 1.80 bits per heavy atom. The smallest absolute Gasteiger partial charge is 0.256 e. The van der Waals surface area contributed by atoms with Gasteiger partial charge in [0.1, 0.15) is 11.5 Å². The summed E-state index contributed by atoms with van der Waals surface area (Å²) >= 11 is 0. The standard InChI is InChI=1S/C26H31N7O2/c1-16-8-9-17(24(34)28-23-12-22(35-31-23)25(2,3)4)11-21(16)33-15-20(30-32-33)18-10-19(14-27-13-18)29-26(5,6)7/h8-15,29H,1-7H3,(H,28,31,34). The Kier molecular flexibility index (Phi) is 6.19. The molecule has 0 saturated carbocycles. The lowest BCUT2D eigenvalue weighted by Crippen LogP contribution is -2.26. The van der Waals surface area contributed by atoms with Gasteiger partial charge in [-0.1, -0.05) is 37.2 Å². The molecule has 0 spiro atoms. The van der Waals surface area contributed by atoms with Crippen LogP contribution >= 0.6 is 0 Å². The monoisotopic (exact) mass is 473 g/mol. The molecule has 35 heavy (non-hydrogen) atoms. The van der Waals surface area contributed by atoms with Crippen LogP contribution in [0.4, 0.5) is 11.5 Å². The first-order valence-corrected chi connectivity index (χ1v) is 11.4. The van der Waals surface area contributed by atoms with Crippen molar-refractivity contribution in [2.45, 2.75) is 59.4 Å². The molecule has 0 aliphatic rings. The molecule has 0 radical (unpaired) electrons. The summed E-state index contributed by atoms with van der Waals surface area (Å²) in [4.78, 5) is 17.2. The van der Waals surface area contributed by atoms with Gasteiger partial charge >= 0.3 is 0 Å². The van der Waals surface area contributed by atoms with Crippen molar-refractivity contribution in [1.82, 2.24) is 25.1 Å². The number of hydrogen-bond acceptors (Lipinski definition) is 7. The van der Waals surface area contributed by atoms with Crippen LogP contribution in [0.5, 0.6) is 0 Å². The second kappa shape index (κ2) is 8.98. The van der Waals surface area contributed by atoms with Crippen LogP contribution in [0.1, 0.15) is 63.2 Å². The van der Waals surface area contributed by atoms with E-state index in [1.165, 1.54) is 0 Å². The fraction of sp³-hybridized carbons (Fsp3) is 0.346. The molecule has 0 unspecified atom stereocenters. The number of carbonyl (C=O) groups excluding carboxylic acids is 1. The number of amides is 1. The number of carbonyl (C=O) groups is 1. The first kappa shape index (κ1) is 24.1. The first-order chi connectivity index (χ1) is 16.4. The minimum Gasteiger partial charge on any atom is -0.379 e. The predicted molar refractivity (Wildman–Crippen MR) is 136 cm³/mol. The van der Waals surface area contributed by atoms with Gasteiger partial charge < -0.3 is 15.2 Å². The van der Waals surface area contributed by atoms with Gasteiger partial charge in [0.15, 0.2) is 5.82 Å². The van der Waals surface area contributed by atoms with Crippen LogP contribution < -0.4 is 10.6 Å². The van der Waals surface area contributed by atoms with Gasteiger partial charge in [-0.3, -0.25) is 9.78 Å². The largest absolute Gasteiger partial charge is 0.379 e. The highest BCUT2D eigenvalue weighted by Crippen LogP contribution is 2.26. The lowest BCUT2D eigenvalue weighted by molar-refractivity contribution is 0.102. The van der Waals surface area contributed by atoms with Crippen molar-refractivity contribution < 1.29 is 9.32 Å². The highest BCUT2D eigenvalue weighted by atomic mass is 16.5. The molecule has 0 fully saturated rings. The van der Waals surface area contributed by atoms with E-state index < -0.39 is 0 Å². The van der Waals surface area contributed by atoms with Crippen LogP contribution in [-0.4, -0.2) is 36.6 Å². The Morgan fingerprint density at radius 1 is 1.03 bits per heavy atom. The minimum absolute atomic E-state index is 0.0870. The molecule has 3 aromatic heterocycles. The number of rotatable bonds is 5. The maximum absolute atomic E-state index is 12.9. The highest BCUT2D eigenvalue weighted by molar-refractivity contribution is 6.04. The maximum atomic E-state index is 12.9. The average molecular weight is 474 g/mol. The van der Waals surface area contributed by atoms with Crippen molar-refractivity contribution in [2.75, 3.05) is 10.6 Å². The molecule has 2 N–H and O–H groups in total. The molecule has 0 saturated heterocycles. The van der Waals surface area contributed by atoms with Gasteiger partial charge in [-0.15, -0.1) is 5.10 Å². The number of nitrogens with zero attached hydrogens (tertiary/aromatic N) is 5. The van der Waals surface area contributed by atoms with E-state index in [0.717, 1.165) is 22.5 Å². The number of pyridine rings is 1. The molecule has 182 valence electrons. The van der Waals surface area contributed by atoms with E-state index in [4.69, 9.17) is 4.52 Å². The zero-order chi connectivity index (χ0) is 25.4. The molecular formula is C26H31N7O2. The first-order valence-electron chi connectivity index (χ1n) is 11.4. The van der Waals surface area contributed by atoms with Gasteiger partial charge in [0.25, 0.3) is 5.91 Å². The molecule has 4 rings (SSSR count). The van der Waals surface area contributed by atoms with Crippen LogP contribution in [0, 0.1) is 6.92 Å². The van der Waals surface area contributed by atoms with Crippen molar-refractivity contribution in [3.05, 3.63) is 65.8 Å². The van der Waals surface area contributed by atoms with Crippen LogP contribution in [0.3, 0.4) is 0 Å². The average Bonchev–Trinajstić information content (AvgIpc) is 3.43. The molecule has 9 nitrogen and oxygen atoms in total. The van der Waals surface area contributed by atoms with Gasteiger partial charge in [0, 0.05) is 40.5 Å². The SMILES string of the molecule is Cc1ccc(C(=O)Nc2cc(C(C)(C)C)on2)cc1-n1cc(-c2cncc(NC(C)(C)C)c2)nn1. The molecule has 4 aromatic rings. The number of hydrogen-bond donors (Lipinski definition) is 2. The van der Waals surface area contributed by atoms with Gasteiger partial charge in [0.05, 0.1) is 17.6 Å². The Labute approximate surface area is 204 Å². The zero-order valence-corrected chi connectivity index (χ0v) is 21.2. The Balaban J connectivity index is 1.57. The van der Waals surface area contributed by atoms with Gasteiger partial charge in [0.2, 0.25) is 0 Å². The lowest BCUT2D eigenvalue weighted by atomic mass is 9.93. The van der Waals surface area contributed by atoms with Crippen LogP contribution in [0.15, 0.2) is 53.4 Å². The van der Waals surface area contributed by atoms with Crippen LogP contribution in [-0.2, 0) is 5.41 Å². The summed E-state index contributed by atoms with van der Waals surface area (Å²) < 4.78 is 7.03. The molecule has 0 atom stereocenters. The summed E-state index contributed by atoms with van der Waals surface area (Å²) in [7, 11) is 0. The van der Waals surface area contributed by atoms with Crippen molar-refractivity contribution in [2.24, 2.45) is 0 Å². The lowest BCUT2D eigenvalue weighted by Gasteiger charge is -2.21. The number of aromatic nitrogens is 5. The van der Waals surface area contributed by atoms with E-state index >= 15 is 0 Å². The third-order valence-electron chi connectivity index (χ3n) is 5.26. The van der Waals surface area contributed by atoms with Crippen molar-refractivity contribution in [3.63, 3.8) is 0 Å². The third-order valence-corrected chi connectivity index (χ3v) is 5.26. The summed E-state index contributed by atoms with van der Waals surface area (Å²) in [6, 6.07) is 9.16. The fourth-order valence-electron chi connectivity index (χ4n) is 3.47. The molecular weight excluding hydrogens is 442 g/mol. The molecule has 0 bridgehead atoms. The number of benzene rings is 1. The van der Waals surface area contributed by atoms with E-state index in [-0.39, 0.29) is 16.9 Å². The minimum atomic E-state index is -0.287. The Morgan fingerprint density at radius 3 is 2.49 bits per heavy atom. The van der Waals surface area contributed by atoms with E-state index in [2.05, 4.69) is 51.9 Å². The zero-order valence-electron chi connectivity index (χ0n) is 21.2. The number of nitrogens with one attached hydrogen (secondary N) is 2. The van der Waals surface area contributed by atoms with E-state index in [1.54, 1.807) is 35.3 Å². The molecule has 3 heterocycles. The van der Waals surface area contributed by atoms with Crippen molar-refractivity contribution in [1.29, 1.82) is 0 Å². The van der Waals surface area contributed by atoms with Gasteiger partial charge in [-0.05, 0) is 51.5 Å². The molecule has 9 heteroatoms. The normalized spacial score (nSPS) is 12.0. The molecule has 1 aromatic carbocycles. The van der Waals surface area contributed by atoms with Crippen molar-refractivity contribution >= 4 is 17.4 Å². The third kappa shape index (κ3) is 5.74. The summed E-state index contributed by atoms with van der Waals surface area (Å²) in [6.07, 6.45) is 5.36. The maximum Gasteiger partial charge on any atom is 0.256 e. The molecule has 1 amide bonds. The fourth-order valence-corrected chi connectivity index (χ4v) is 3.47. The molecule has 0 aliphatic heterocycles. The number of anilines is 2. The highest BCUT2D eigenvalue weighted by Gasteiger charge is 2.21. The summed E-state index contributed by atoms with van der Waals surface area (Å²) in [5.74, 6) is 0.788. The summed E-state index contributed by atoms with van der Waals surface area (Å²) in [5.41, 5.74) is 4.33. The van der Waals surface area contributed by atoms with E-state index in [1.807, 2.05) is 46.0 Å².